The van der Waals surface area contributed by atoms with Gasteiger partial charge in [0.1, 0.15) is 11.5 Å². The van der Waals surface area contributed by atoms with E-state index in [2.05, 4.69) is 21.7 Å². The smallest absolute Gasteiger partial charge is 0.226 e. The van der Waals surface area contributed by atoms with Gasteiger partial charge >= 0.3 is 0 Å². The monoisotopic (exact) mass is 355 g/mol. The number of hydrogen-bond donors (Lipinski definition) is 0. The predicted octanol–water partition coefficient (Wildman–Crippen LogP) is 2.16. The van der Waals surface area contributed by atoms with Gasteiger partial charge in [0.25, 0.3) is 0 Å². The minimum absolute atomic E-state index is 0.108. The molecule has 4 rings (SSSR count). The number of benzene rings is 1. The van der Waals surface area contributed by atoms with Crippen LogP contribution in [0, 0.1) is 11.8 Å². The van der Waals surface area contributed by atoms with Crippen LogP contribution in [0.3, 0.4) is 0 Å². The van der Waals surface area contributed by atoms with Crippen molar-refractivity contribution in [3.05, 3.63) is 42.0 Å². The largest absolute Gasteiger partial charge is 0.497 e. The third-order valence-corrected chi connectivity index (χ3v) is 5.53. The highest BCUT2D eigenvalue weighted by Gasteiger charge is 2.35. The fourth-order valence-electron chi connectivity index (χ4n) is 4.03. The number of likely N-dealkylation sites (tertiary alicyclic amines) is 1. The number of fused-ring (bicyclic) bond motifs is 1. The number of rotatable bonds is 5. The number of carbonyl (C=O) groups is 1. The van der Waals surface area contributed by atoms with Gasteiger partial charge in [-0.05, 0) is 36.5 Å². The summed E-state index contributed by atoms with van der Waals surface area (Å²) in [5, 5.41) is 0. The summed E-state index contributed by atoms with van der Waals surface area (Å²) in [6, 6.07) is 5.98. The van der Waals surface area contributed by atoms with E-state index < -0.39 is 0 Å². The summed E-state index contributed by atoms with van der Waals surface area (Å²) in [4.78, 5) is 19.0. The van der Waals surface area contributed by atoms with E-state index in [0.717, 1.165) is 50.4 Å². The van der Waals surface area contributed by atoms with Crippen LogP contribution in [0.1, 0.15) is 17.7 Å². The van der Waals surface area contributed by atoms with Crippen LogP contribution in [0.5, 0.6) is 11.5 Å². The van der Waals surface area contributed by atoms with Crippen molar-refractivity contribution in [2.75, 3.05) is 27.3 Å². The Morgan fingerprint density at radius 3 is 2.62 bits per heavy atom. The van der Waals surface area contributed by atoms with Crippen LogP contribution >= 0.6 is 0 Å². The topological polar surface area (TPSA) is 56.6 Å². The summed E-state index contributed by atoms with van der Waals surface area (Å²) < 4.78 is 12.8. The summed E-state index contributed by atoms with van der Waals surface area (Å²) >= 11 is 0. The molecule has 0 aliphatic carbocycles. The molecular formula is C20H25N3O3. The number of methoxy groups -OCH3 is 2. The third-order valence-electron chi connectivity index (χ3n) is 5.53. The lowest BCUT2D eigenvalue weighted by atomic mass is 9.88. The van der Waals surface area contributed by atoms with Gasteiger partial charge in [-0.3, -0.25) is 4.79 Å². The van der Waals surface area contributed by atoms with Gasteiger partial charge in [-0.25, -0.2) is 4.98 Å². The maximum Gasteiger partial charge on any atom is 0.226 e. The Morgan fingerprint density at radius 2 is 1.92 bits per heavy atom. The van der Waals surface area contributed by atoms with E-state index >= 15 is 0 Å². The van der Waals surface area contributed by atoms with Crippen molar-refractivity contribution in [3.63, 3.8) is 0 Å². The Morgan fingerprint density at radius 1 is 1.19 bits per heavy atom. The van der Waals surface area contributed by atoms with Crippen molar-refractivity contribution < 1.29 is 14.3 Å². The number of aryl methyl sites for hydroxylation is 1. The number of amides is 1. The molecule has 0 radical (unpaired) electrons. The summed E-state index contributed by atoms with van der Waals surface area (Å²) in [5.74, 6) is 2.54. The minimum Gasteiger partial charge on any atom is -0.497 e. The normalized spacial score (nSPS) is 19.6. The fourth-order valence-corrected chi connectivity index (χ4v) is 4.03. The quantitative estimate of drug-likeness (QED) is 0.825. The van der Waals surface area contributed by atoms with Gasteiger partial charge in [-0.1, -0.05) is 0 Å². The van der Waals surface area contributed by atoms with Gasteiger partial charge in [0.15, 0.2) is 0 Å². The molecule has 138 valence electrons. The summed E-state index contributed by atoms with van der Waals surface area (Å²) in [6.07, 6.45) is 6.41. The van der Waals surface area contributed by atoms with Gasteiger partial charge < -0.3 is 18.9 Å². The summed E-state index contributed by atoms with van der Waals surface area (Å²) in [7, 11) is 3.33. The molecule has 1 aromatic carbocycles. The van der Waals surface area contributed by atoms with Gasteiger partial charge in [0.05, 0.1) is 20.5 Å². The molecule has 1 aromatic heterocycles. The van der Waals surface area contributed by atoms with Crippen LogP contribution in [-0.4, -0.2) is 47.7 Å². The van der Waals surface area contributed by atoms with E-state index in [1.807, 2.05) is 23.5 Å². The zero-order chi connectivity index (χ0) is 18.1. The van der Waals surface area contributed by atoms with Crippen molar-refractivity contribution in [1.82, 2.24) is 14.5 Å². The van der Waals surface area contributed by atoms with Crippen molar-refractivity contribution in [3.8, 4) is 11.5 Å². The van der Waals surface area contributed by atoms with E-state index in [-0.39, 0.29) is 5.92 Å². The zero-order valence-corrected chi connectivity index (χ0v) is 15.4. The highest BCUT2D eigenvalue weighted by molar-refractivity contribution is 5.80. The average Bonchev–Trinajstić information content (AvgIpc) is 3.11. The van der Waals surface area contributed by atoms with E-state index in [1.165, 1.54) is 11.3 Å². The molecule has 1 unspecified atom stereocenters. The lowest BCUT2D eigenvalue weighted by Gasteiger charge is -2.42. The number of imidazole rings is 1. The molecule has 1 fully saturated rings. The molecule has 1 amide bonds. The second-order valence-electron chi connectivity index (χ2n) is 7.30. The molecule has 2 aromatic rings. The van der Waals surface area contributed by atoms with Crippen LogP contribution < -0.4 is 9.47 Å². The molecule has 6 heteroatoms. The van der Waals surface area contributed by atoms with Crippen LogP contribution in [0.4, 0.5) is 0 Å². The molecule has 0 saturated carbocycles. The second-order valence-corrected chi connectivity index (χ2v) is 7.30. The zero-order valence-electron chi connectivity index (χ0n) is 15.4. The molecule has 26 heavy (non-hydrogen) atoms. The third kappa shape index (κ3) is 3.28. The molecule has 6 nitrogen and oxygen atoms in total. The van der Waals surface area contributed by atoms with E-state index in [9.17, 15) is 4.79 Å². The maximum atomic E-state index is 12.8. The van der Waals surface area contributed by atoms with Gasteiger partial charge in [-0.2, -0.15) is 0 Å². The summed E-state index contributed by atoms with van der Waals surface area (Å²) in [5.41, 5.74) is 2.37. The van der Waals surface area contributed by atoms with Gasteiger partial charge in [0, 0.05) is 49.9 Å². The Kier molecular flexibility index (Phi) is 4.57. The molecular weight excluding hydrogens is 330 g/mol. The lowest BCUT2D eigenvalue weighted by Crippen LogP contribution is -2.53. The number of hydrogen-bond acceptors (Lipinski definition) is 4. The SMILES string of the molecule is COc1cc(CC2CN(C(=O)C3CCn4cncc4C3)C2)cc(OC)c1. The first-order chi connectivity index (χ1) is 12.7. The van der Waals surface area contributed by atoms with Crippen LogP contribution in [0.25, 0.3) is 0 Å². The van der Waals surface area contributed by atoms with Crippen molar-refractivity contribution in [2.45, 2.75) is 25.8 Å². The van der Waals surface area contributed by atoms with Crippen LogP contribution in [0.2, 0.25) is 0 Å². The molecule has 2 aliphatic heterocycles. The predicted molar refractivity (Wildman–Crippen MR) is 97.4 cm³/mol. The van der Waals surface area contributed by atoms with Gasteiger partial charge in [0.2, 0.25) is 5.91 Å². The molecule has 0 spiro atoms. The highest BCUT2D eigenvalue weighted by Crippen LogP contribution is 2.29. The molecule has 1 atom stereocenters. The number of carbonyl (C=O) groups excluding carboxylic acids is 1. The van der Waals surface area contributed by atoms with E-state index in [4.69, 9.17) is 9.47 Å². The Labute approximate surface area is 153 Å². The van der Waals surface area contributed by atoms with Crippen molar-refractivity contribution >= 4 is 5.91 Å². The first-order valence-corrected chi connectivity index (χ1v) is 9.16. The lowest BCUT2D eigenvalue weighted by molar-refractivity contribution is -0.142. The average molecular weight is 355 g/mol. The first kappa shape index (κ1) is 16.9. The molecule has 1 saturated heterocycles. The highest BCUT2D eigenvalue weighted by atomic mass is 16.5. The number of nitrogens with zero attached hydrogens (tertiary/aromatic N) is 3. The molecule has 3 heterocycles. The molecule has 0 N–H and O–H groups in total. The second kappa shape index (κ2) is 7.02. The molecule has 0 bridgehead atoms. The van der Waals surface area contributed by atoms with Crippen LogP contribution in [-0.2, 0) is 24.2 Å². The molecule has 2 aliphatic rings. The summed E-state index contributed by atoms with van der Waals surface area (Å²) in [6.45, 7) is 2.58. The Bertz CT molecular complexity index is 773. The van der Waals surface area contributed by atoms with E-state index in [1.54, 1.807) is 14.2 Å². The van der Waals surface area contributed by atoms with Gasteiger partial charge in [-0.15, -0.1) is 0 Å². The van der Waals surface area contributed by atoms with E-state index in [0.29, 0.717) is 11.8 Å². The minimum atomic E-state index is 0.108. The van der Waals surface area contributed by atoms with Crippen LogP contribution in [0.15, 0.2) is 30.7 Å². The Balaban J connectivity index is 1.32. The first-order valence-electron chi connectivity index (χ1n) is 9.16. The number of aromatic nitrogens is 2. The fraction of sp³-hybridized carbons (Fsp3) is 0.500. The Hall–Kier alpha value is -2.50. The van der Waals surface area contributed by atoms with Crippen molar-refractivity contribution in [2.24, 2.45) is 11.8 Å². The standard InChI is InChI=1S/C20H25N3O3/c1-25-18-6-14(7-19(9-18)26-2)5-15-11-23(12-15)20(24)16-3-4-22-13-21-10-17(22)8-16/h6-7,9-10,13,15-16H,3-5,8,11-12H2,1-2H3. The maximum absolute atomic E-state index is 12.8. The number of ether oxygens (including phenoxy) is 2. The van der Waals surface area contributed by atoms with Crippen molar-refractivity contribution in [1.29, 1.82) is 0 Å².